The molecule has 2 rings (SSSR count). The minimum Gasteiger partial charge on any atom is -0.311 e. The summed E-state index contributed by atoms with van der Waals surface area (Å²) in [5.41, 5.74) is -0.844. The van der Waals surface area contributed by atoms with Gasteiger partial charge in [-0.15, -0.1) is 0 Å². The first kappa shape index (κ1) is 10.4. The Morgan fingerprint density at radius 3 is 2.36 bits per heavy atom. The fourth-order valence-electron chi connectivity index (χ4n) is 2.53. The van der Waals surface area contributed by atoms with Gasteiger partial charge in [0.25, 0.3) is 0 Å². The maximum atomic E-state index is 13.7. The zero-order valence-corrected chi connectivity index (χ0v) is 9.19. The summed E-state index contributed by atoms with van der Waals surface area (Å²) in [4.78, 5) is 0. The minimum atomic E-state index is -0.844. The van der Waals surface area contributed by atoms with Gasteiger partial charge in [-0.05, 0) is 50.9 Å². The molecule has 0 saturated heterocycles. The molecule has 14 heavy (non-hydrogen) atoms. The van der Waals surface area contributed by atoms with Gasteiger partial charge in [0.1, 0.15) is 5.67 Å². The van der Waals surface area contributed by atoms with Crippen molar-refractivity contribution >= 4 is 0 Å². The molecule has 0 atom stereocenters. The lowest BCUT2D eigenvalue weighted by atomic mass is 9.81. The van der Waals surface area contributed by atoms with E-state index in [1.165, 1.54) is 25.7 Å². The van der Waals surface area contributed by atoms with Crippen molar-refractivity contribution in [3.05, 3.63) is 0 Å². The summed E-state index contributed by atoms with van der Waals surface area (Å²) in [5, 5.41) is 3.41. The lowest BCUT2D eigenvalue weighted by molar-refractivity contribution is 0.0576. The van der Waals surface area contributed by atoms with Crippen LogP contribution in [0.5, 0.6) is 0 Å². The zero-order valence-electron chi connectivity index (χ0n) is 9.19. The predicted molar refractivity (Wildman–Crippen MR) is 57.1 cm³/mol. The molecule has 2 aliphatic carbocycles. The Bertz CT molecular complexity index is 181. The highest BCUT2D eigenvalue weighted by Gasteiger charge is 2.37. The van der Waals surface area contributed by atoms with E-state index in [4.69, 9.17) is 0 Å². The molecule has 0 unspecified atom stereocenters. The van der Waals surface area contributed by atoms with E-state index in [2.05, 4.69) is 12.2 Å². The molecule has 2 saturated carbocycles. The van der Waals surface area contributed by atoms with Gasteiger partial charge < -0.3 is 5.32 Å². The molecule has 1 N–H and O–H groups in total. The summed E-state index contributed by atoms with van der Waals surface area (Å²) in [7, 11) is 0. The Kier molecular flexibility index (Phi) is 3.10. The molecular weight excluding hydrogens is 177 g/mol. The monoisotopic (exact) mass is 199 g/mol. The molecule has 0 amide bonds. The van der Waals surface area contributed by atoms with Gasteiger partial charge in [-0.3, -0.25) is 0 Å². The fourth-order valence-corrected chi connectivity index (χ4v) is 2.53. The first-order valence-corrected chi connectivity index (χ1v) is 6.10. The number of nitrogens with one attached hydrogen (secondary N) is 1. The smallest absolute Gasteiger partial charge is 0.123 e. The summed E-state index contributed by atoms with van der Waals surface area (Å²) in [6.07, 6.45) is 7.77. The summed E-state index contributed by atoms with van der Waals surface area (Å²) in [6.45, 7) is 2.92. The van der Waals surface area contributed by atoms with E-state index < -0.39 is 5.67 Å². The van der Waals surface area contributed by atoms with Gasteiger partial charge in [0.15, 0.2) is 0 Å². The first-order chi connectivity index (χ1) is 6.68. The number of alkyl halides is 1. The summed E-state index contributed by atoms with van der Waals surface area (Å²) in [5.74, 6) is 0.885. The molecule has 0 spiro atoms. The maximum absolute atomic E-state index is 13.7. The molecule has 0 radical (unpaired) electrons. The largest absolute Gasteiger partial charge is 0.311 e. The fraction of sp³-hybridized carbons (Fsp3) is 1.00. The van der Waals surface area contributed by atoms with Gasteiger partial charge in [0.2, 0.25) is 0 Å². The van der Waals surface area contributed by atoms with Crippen molar-refractivity contribution in [2.45, 2.75) is 63.6 Å². The van der Waals surface area contributed by atoms with Crippen molar-refractivity contribution in [1.82, 2.24) is 5.32 Å². The lowest BCUT2D eigenvalue weighted by Crippen LogP contribution is -2.46. The molecule has 0 heterocycles. The molecular formula is C12H22FN. The topological polar surface area (TPSA) is 12.0 Å². The van der Waals surface area contributed by atoms with Crippen LogP contribution >= 0.6 is 0 Å². The Hall–Kier alpha value is -0.110. The molecule has 0 aromatic heterocycles. The lowest BCUT2D eigenvalue weighted by Gasteiger charge is -2.36. The van der Waals surface area contributed by atoms with Gasteiger partial charge in [-0.1, -0.05) is 6.92 Å². The Balaban J connectivity index is 1.65. The summed E-state index contributed by atoms with van der Waals surface area (Å²) in [6, 6.07) is 0.597. The van der Waals surface area contributed by atoms with Crippen molar-refractivity contribution in [3.8, 4) is 0 Å². The SMILES string of the molecule is CC1CCC(NCC2(F)CCC2)CC1. The molecule has 0 aromatic carbocycles. The molecule has 82 valence electrons. The van der Waals surface area contributed by atoms with Crippen LogP contribution in [0.15, 0.2) is 0 Å². The second-order valence-corrected chi connectivity index (χ2v) is 5.34. The highest BCUT2D eigenvalue weighted by Crippen LogP contribution is 2.35. The average Bonchev–Trinajstić information content (AvgIpc) is 2.14. The van der Waals surface area contributed by atoms with E-state index in [9.17, 15) is 4.39 Å². The van der Waals surface area contributed by atoms with E-state index in [1.54, 1.807) is 0 Å². The van der Waals surface area contributed by atoms with Crippen LogP contribution in [0, 0.1) is 5.92 Å². The van der Waals surface area contributed by atoms with Crippen molar-refractivity contribution in [3.63, 3.8) is 0 Å². The van der Waals surface area contributed by atoms with E-state index in [0.29, 0.717) is 12.6 Å². The third-order valence-corrected chi connectivity index (χ3v) is 3.97. The van der Waals surface area contributed by atoms with E-state index >= 15 is 0 Å². The standard InChI is InChI=1S/C12H22FN/c1-10-3-5-11(6-4-10)14-9-12(13)7-2-8-12/h10-11,14H,2-9H2,1H3. The van der Waals surface area contributed by atoms with Crippen LogP contribution in [0.1, 0.15) is 51.9 Å². The van der Waals surface area contributed by atoms with Crippen molar-refractivity contribution in [2.24, 2.45) is 5.92 Å². The molecule has 0 aromatic rings. The van der Waals surface area contributed by atoms with Crippen LogP contribution in [0.4, 0.5) is 4.39 Å². The average molecular weight is 199 g/mol. The van der Waals surface area contributed by atoms with Crippen LogP contribution in [0.3, 0.4) is 0 Å². The highest BCUT2D eigenvalue weighted by atomic mass is 19.1. The number of halogens is 1. The molecule has 2 fully saturated rings. The molecule has 2 aliphatic rings. The van der Waals surface area contributed by atoms with Gasteiger partial charge in [-0.25, -0.2) is 4.39 Å². The summed E-state index contributed by atoms with van der Waals surface area (Å²) < 4.78 is 13.7. The van der Waals surface area contributed by atoms with Gasteiger partial charge >= 0.3 is 0 Å². The van der Waals surface area contributed by atoms with E-state index in [0.717, 1.165) is 25.2 Å². The number of hydrogen-bond donors (Lipinski definition) is 1. The van der Waals surface area contributed by atoms with Crippen LogP contribution in [0.2, 0.25) is 0 Å². The van der Waals surface area contributed by atoms with Crippen LogP contribution in [-0.2, 0) is 0 Å². The predicted octanol–water partition coefficient (Wildman–Crippen LogP) is 3.05. The third-order valence-electron chi connectivity index (χ3n) is 3.97. The Labute approximate surface area is 86.5 Å². The third kappa shape index (κ3) is 2.47. The molecule has 0 bridgehead atoms. The Morgan fingerprint density at radius 1 is 1.21 bits per heavy atom. The maximum Gasteiger partial charge on any atom is 0.123 e. The minimum absolute atomic E-state index is 0.597. The van der Waals surface area contributed by atoms with Gasteiger partial charge in [-0.2, -0.15) is 0 Å². The molecule has 0 aliphatic heterocycles. The quantitative estimate of drug-likeness (QED) is 0.736. The van der Waals surface area contributed by atoms with Gasteiger partial charge in [0.05, 0.1) is 0 Å². The van der Waals surface area contributed by atoms with E-state index in [1.807, 2.05) is 0 Å². The zero-order chi connectivity index (χ0) is 10.0. The van der Waals surface area contributed by atoms with E-state index in [-0.39, 0.29) is 0 Å². The highest BCUT2D eigenvalue weighted by molar-refractivity contribution is 4.91. The summed E-state index contributed by atoms with van der Waals surface area (Å²) >= 11 is 0. The normalized spacial score (nSPS) is 36.4. The molecule has 2 heteroatoms. The van der Waals surface area contributed by atoms with Crippen LogP contribution < -0.4 is 5.32 Å². The van der Waals surface area contributed by atoms with Crippen LogP contribution in [-0.4, -0.2) is 18.3 Å². The van der Waals surface area contributed by atoms with Crippen molar-refractivity contribution < 1.29 is 4.39 Å². The van der Waals surface area contributed by atoms with Crippen molar-refractivity contribution in [1.29, 1.82) is 0 Å². The van der Waals surface area contributed by atoms with Crippen LogP contribution in [0.25, 0.3) is 0 Å². The number of rotatable bonds is 3. The number of hydrogen-bond acceptors (Lipinski definition) is 1. The first-order valence-electron chi connectivity index (χ1n) is 6.10. The van der Waals surface area contributed by atoms with Gasteiger partial charge in [0, 0.05) is 12.6 Å². The second kappa shape index (κ2) is 4.18. The second-order valence-electron chi connectivity index (χ2n) is 5.34. The van der Waals surface area contributed by atoms with Crippen molar-refractivity contribution in [2.75, 3.05) is 6.54 Å². The molecule has 1 nitrogen and oxygen atoms in total. The Morgan fingerprint density at radius 2 is 1.86 bits per heavy atom.